The van der Waals surface area contributed by atoms with E-state index in [9.17, 15) is 4.79 Å². The molecule has 1 radical (unpaired) electrons. The number of carbonyl (C=O) groups is 1. The van der Waals surface area contributed by atoms with Crippen LogP contribution in [0.4, 0.5) is 4.79 Å². The van der Waals surface area contributed by atoms with Gasteiger partial charge in [-0.3, -0.25) is 0 Å². The highest BCUT2D eigenvalue weighted by Crippen LogP contribution is 2.04. The van der Waals surface area contributed by atoms with Gasteiger partial charge in [-0.1, -0.05) is 39.0 Å². The van der Waals surface area contributed by atoms with Gasteiger partial charge in [0.1, 0.15) is 0 Å². The third kappa shape index (κ3) is 9.36. The third-order valence-electron chi connectivity index (χ3n) is 2.10. The average molecular weight is 199 g/mol. The quantitative estimate of drug-likeness (QED) is 0.600. The van der Waals surface area contributed by atoms with E-state index in [0.29, 0.717) is 13.1 Å². The smallest absolute Gasteiger partial charge is 0.336 e. The van der Waals surface area contributed by atoms with Crippen LogP contribution in [0.25, 0.3) is 0 Å². The number of hydrogen-bond acceptors (Lipinski definition) is 1. The molecule has 0 aromatic heterocycles. The Kier molecular flexibility index (Phi) is 9.81. The maximum Gasteiger partial charge on any atom is 0.336 e. The second-order valence-corrected chi connectivity index (χ2v) is 3.48. The minimum absolute atomic E-state index is 0.166. The molecule has 83 valence electrons. The normalized spacial score (nSPS) is 9.86. The highest BCUT2D eigenvalue weighted by molar-refractivity contribution is 5.73. The molecule has 0 spiro atoms. The van der Waals surface area contributed by atoms with Gasteiger partial charge in [0.15, 0.2) is 0 Å². The number of urea groups is 1. The van der Waals surface area contributed by atoms with Crippen molar-refractivity contribution in [3.8, 4) is 0 Å². The lowest BCUT2D eigenvalue weighted by molar-refractivity contribution is 0.240. The van der Waals surface area contributed by atoms with Gasteiger partial charge in [-0.2, -0.15) is 0 Å². The second kappa shape index (κ2) is 10.4. The van der Waals surface area contributed by atoms with Gasteiger partial charge in [0.05, 0.1) is 0 Å². The summed E-state index contributed by atoms with van der Waals surface area (Å²) >= 11 is 0. The lowest BCUT2D eigenvalue weighted by Crippen LogP contribution is -2.30. The Balaban J connectivity index is 3.01. The maximum absolute atomic E-state index is 10.9. The van der Waals surface area contributed by atoms with Crippen molar-refractivity contribution in [1.29, 1.82) is 0 Å². The van der Waals surface area contributed by atoms with Crippen LogP contribution in [0.15, 0.2) is 0 Å². The van der Waals surface area contributed by atoms with Crippen molar-refractivity contribution in [2.45, 2.75) is 52.4 Å². The molecule has 0 aromatic carbocycles. The second-order valence-electron chi connectivity index (χ2n) is 3.48. The standard InChI is InChI=1S/C11H23N2O/c1-3-5-6-7-8-9-10-13-11(14)12-4-2/h3-10H2,1-2H3,(H,12,14). The molecule has 0 bridgehead atoms. The van der Waals surface area contributed by atoms with Crippen LogP contribution in [0.1, 0.15) is 52.4 Å². The van der Waals surface area contributed by atoms with Crippen molar-refractivity contribution < 1.29 is 4.79 Å². The van der Waals surface area contributed by atoms with Crippen molar-refractivity contribution in [2.75, 3.05) is 13.1 Å². The van der Waals surface area contributed by atoms with Gasteiger partial charge < -0.3 is 5.32 Å². The van der Waals surface area contributed by atoms with E-state index < -0.39 is 0 Å². The fraction of sp³-hybridized carbons (Fsp3) is 0.909. The van der Waals surface area contributed by atoms with Crippen LogP contribution in [0, 0.1) is 0 Å². The first kappa shape index (κ1) is 13.3. The maximum atomic E-state index is 10.9. The highest BCUT2D eigenvalue weighted by Gasteiger charge is 1.98. The Morgan fingerprint density at radius 3 is 2.36 bits per heavy atom. The van der Waals surface area contributed by atoms with Crippen molar-refractivity contribution in [3.05, 3.63) is 0 Å². The number of rotatable bonds is 8. The van der Waals surface area contributed by atoms with Crippen molar-refractivity contribution >= 4 is 6.03 Å². The molecule has 0 atom stereocenters. The van der Waals surface area contributed by atoms with E-state index in [1.165, 1.54) is 32.1 Å². The summed E-state index contributed by atoms with van der Waals surface area (Å²) in [5.41, 5.74) is 0. The van der Waals surface area contributed by atoms with Crippen LogP contribution in [0.5, 0.6) is 0 Å². The first-order chi connectivity index (χ1) is 6.81. The number of hydrogen-bond donors (Lipinski definition) is 1. The molecule has 0 saturated heterocycles. The van der Waals surface area contributed by atoms with Gasteiger partial charge in [-0.25, -0.2) is 10.1 Å². The third-order valence-corrected chi connectivity index (χ3v) is 2.10. The zero-order chi connectivity index (χ0) is 10.6. The van der Waals surface area contributed by atoms with Crippen LogP contribution in [-0.2, 0) is 0 Å². The van der Waals surface area contributed by atoms with E-state index in [2.05, 4.69) is 17.6 Å². The summed E-state index contributed by atoms with van der Waals surface area (Å²) in [6.07, 6.45) is 7.44. The van der Waals surface area contributed by atoms with Gasteiger partial charge in [0.25, 0.3) is 0 Å². The first-order valence-corrected chi connectivity index (χ1v) is 5.76. The van der Waals surface area contributed by atoms with Crippen LogP contribution in [0.2, 0.25) is 0 Å². The molecule has 0 unspecified atom stereocenters. The summed E-state index contributed by atoms with van der Waals surface area (Å²) in [6, 6.07) is -0.166. The molecule has 3 nitrogen and oxygen atoms in total. The van der Waals surface area contributed by atoms with Gasteiger partial charge in [-0.05, 0) is 13.3 Å². The fourth-order valence-corrected chi connectivity index (χ4v) is 1.28. The summed E-state index contributed by atoms with van der Waals surface area (Å²) in [4.78, 5) is 10.9. The fourth-order valence-electron chi connectivity index (χ4n) is 1.28. The molecule has 0 aliphatic rings. The van der Waals surface area contributed by atoms with E-state index in [1.807, 2.05) is 6.92 Å². The van der Waals surface area contributed by atoms with Crippen LogP contribution in [0.3, 0.4) is 0 Å². The van der Waals surface area contributed by atoms with Crippen molar-refractivity contribution in [3.63, 3.8) is 0 Å². The molecule has 0 aliphatic heterocycles. The largest absolute Gasteiger partial charge is 0.337 e. The van der Waals surface area contributed by atoms with Crippen LogP contribution < -0.4 is 10.6 Å². The summed E-state index contributed by atoms with van der Waals surface area (Å²) in [6.45, 7) is 5.46. The molecule has 0 rings (SSSR count). The summed E-state index contributed by atoms with van der Waals surface area (Å²) in [5, 5.41) is 6.53. The molecule has 14 heavy (non-hydrogen) atoms. The van der Waals surface area contributed by atoms with Crippen LogP contribution in [-0.4, -0.2) is 19.1 Å². The first-order valence-electron chi connectivity index (χ1n) is 5.76. The lowest BCUT2D eigenvalue weighted by atomic mass is 10.1. The summed E-state index contributed by atoms with van der Waals surface area (Å²) in [7, 11) is 0. The molecule has 0 aromatic rings. The zero-order valence-corrected chi connectivity index (χ0v) is 9.51. The highest BCUT2D eigenvalue weighted by atomic mass is 16.2. The van der Waals surface area contributed by atoms with E-state index >= 15 is 0 Å². The van der Waals surface area contributed by atoms with E-state index in [4.69, 9.17) is 0 Å². The Bertz CT molecular complexity index is 137. The monoisotopic (exact) mass is 199 g/mol. The Hall–Kier alpha value is -0.730. The van der Waals surface area contributed by atoms with Crippen molar-refractivity contribution in [2.24, 2.45) is 0 Å². The number of amides is 2. The molecule has 1 N–H and O–H groups in total. The van der Waals surface area contributed by atoms with Gasteiger partial charge in [0, 0.05) is 13.1 Å². The van der Waals surface area contributed by atoms with Crippen LogP contribution >= 0.6 is 0 Å². The Morgan fingerprint density at radius 1 is 1.07 bits per heavy atom. The average Bonchev–Trinajstić information content (AvgIpc) is 2.17. The van der Waals surface area contributed by atoms with Gasteiger partial charge in [-0.15, -0.1) is 0 Å². The van der Waals surface area contributed by atoms with Gasteiger partial charge in [0.2, 0.25) is 0 Å². The topological polar surface area (TPSA) is 43.2 Å². The SMILES string of the molecule is CCCCCCCC[N]C(=O)NCC. The Morgan fingerprint density at radius 2 is 1.71 bits per heavy atom. The number of nitrogens with one attached hydrogen (secondary N) is 1. The Labute approximate surface area is 87.6 Å². The van der Waals surface area contributed by atoms with E-state index in [-0.39, 0.29) is 6.03 Å². The summed E-state index contributed by atoms with van der Waals surface area (Å²) < 4.78 is 0. The van der Waals surface area contributed by atoms with Gasteiger partial charge >= 0.3 is 6.03 Å². The minimum Gasteiger partial charge on any atom is -0.337 e. The molecule has 0 aliphatic carbocycles. The van der Waals surface area contributed by atoms with E-state index in [0.717, 1.165) is 6.42 Å². The van der Waals surface area contributed by atoms with E-state index in [1.54, 1.807) is 0 Å². The molecule has 0 saturated carbocycles. The molecule has 0 heterocycles. The van der Waals surface area contributed by atoms with Crippen molar-refractivity contribution in [1.82, 2.24) is 10.6 Å². The number of nitrogens with zero attached hydrogens (tertiary/aromatic N) is 1. The molecule has 0 fully saturated rings. The number of carbonyl (C=O) groups excluding carboxylic acids is 1. The zero-order valence-electron chi connectivity index (χ0n) is 9.51. The predicted molar refractivity (Wildman–Crippen MR) is 59.4 cm³/mol. The predicted octanol–water partition coefficient (Wildman–Crippen LogP) is 2.68. The molecule has 2 amide bonds. The molecule has 3 heteroatoms. The lowest BCUT2D eigenvalue weighted by Gasteiger charge is -2.02. The molecular weight excluding hydrogens is 176 g/mol. The summed E-state index contributed by atoms with van der Waals surface area (Å²) in [5.74, 6) is 0. The number of unbranched alkanes of at least 4 members (excludes halogenated alkanes) is 5. The minimum atomic E-state index is -0.166. The molecular formula is C11H23N2O.